The van der Waals surface area contributed by atoms with Crippen molar-refractivity contribution in [3.63, 3.8) is 0 Å². The van der Waals surface area contributed by atoms with E-state index in [1.54, 1.807) is 11.6 Å². The van der Waals surface area contributed by atoms with E-state index in [1.807, 2.05) is 25.1 Å². The Hall–Kier alpha value is -1.88. The van der Waals surface area contributed by atoms with Crippen molar-refractivity contribution < 1.29 is 0 Å². The predicted octanol–water partition coefficient (Wildman–Crippen LogP) is 0.761. The van der Waals surface area contributed by atoms with E-state index in [2.05, 4.69) is 5.32 Å². The van der Waals surface area contributed by atoms with E-state index >= 15 is 0 Å². The van der Waals surface area contributed by atoms with Crippen LogP contribution in [0.2, 0.25) is 0 Å². The van der Waals surface area contributed by atoms with Gasteiger partial charge in [0.1, 0.15) is 0 Å². The molecule has 1 aromatic heterocycles. The summed E-state index contributed by atoms with van der Waals surface area (Å²) in [5.41, 5.74) is 1.21. The molecule has 0 aliphatic carbocycles. The molecule has 0 spiro atoms. The van der Waals surface area contributed by atoms with Crippen LogP contribution in [-0.2, 0) is 13.6 Å². The maximum Gasteiger partial charge on any atom is 0.331 e. The number of aromatic nitrogens is 2. The normalized spacial score (nSPS) is 18.8. The lowest BCUT2D eigenvalue weighted by Crippen LogP contribution is -2.43. The molecule has 1 unspecified atom stereocenters. The Morgan fingerprint density at radius 3 is 2.85 bits per heavy atom. The standard InChI is InChI=1S/C15H19N3O2/c1-10-5-3-7-12-13(10)14(19)18(15(20)17(12)2)9-11-6-4-8-16-11/h3,5,7,11,16H,4,6,8-9H2,1-2H3. The number of aryl methyl sites for hydroxylation is 2. The molecule has 1 aromatic carbocycles. The third-order valence-corrected chi connectivity index (χ3v) is 4.15. The second kappa shape index (κ2) is 4.90. The third-order valence-electron chi connectivity index (χ3n) is 4.15. The molecule has 5 nitrogen and oxygen atoms in total. The van der Waals surface area contributed by atoms with Crippen molar-refractivity contribution in [2.75, 3.05) is 6.54 Å². The van der Waals surface area contributed by atoms with Gasteiger partial charge in [0.25, 0.3) is 5.56 Å². The zero-order valence-electron chi connectivity index (χ0n) is 11.8. The molecule has 1 atom stereocenters. The van der Waals surface area contributed by atoms with Crippen molar-refractivity contribution in [3.8, 4) is 0 Å². The summed E-state index contributed by atoms with van der Waals surface area (Å²) in [6.45, 7) is 3.33. The first-order valence-electron chi connectivity index (χ1n) is 7.02. The van der Waals surface area contributed by atoms with Crippen LogP contribution in [0.3, 0.4) is 0 Å². The first-order valence-corrected chi connectivity index (χ1v) is 7.02. The summed E-state index contributed by atoms with van der Waals surface area (Å²) >= 11 is 0. The maximum atomic E-state index is 12.6. The van der Waals surface area contributed by atoms with Gasteiger partial charge in [0.05, 0.1) is 10.9 Å². The number of nitrogens with zero attached hydrogens (tertiary/aromatic N) is 2. The molecule has 1 aliphatic heterocycles. The largest absolute Gasteiger partial charge is 0.331 e. The van der Waals surface area contributed by atoms with Crippen molar-refractivity contribution in [2.24, 2.45) is 7.05 Å². The third kappa shape index (κ3) is 1.98. The first kappa shape index (κ1) is 13.1. The number of rotatable bonds is 2. The maximum absolute atomic E-state index is 12.6. The molecule has 20 heavy (non-hydrogen) atoms. The second-order valence-electron chi connectivity index (χ2n) is 5.52. The summed E-state index contributed by atoms with van der Waals surface area (Å²) in [6, 6.07) is 5.83. The van der Waals surface area contributed by atoms with Crippen molar-refractivity contribution in [1.82, 2.24) is 14.5 Å². The number of hydrogen-bond acceptors (Lipinski definition) is 3. The van der Waals surface area contributed by atoms with Gasteiger partial charge in [0, 0.05) is 19.6 Å². The van der Waals surface area contributed by atoms with Crippen molar-refractivity contribution in [3.05, 3.63) is 44.6 Å². The van der Waals surface area contributed by atoms with Crippen molar-refractivity contribution in [1.29, 1.82) is 0 Å². The molecule has 1 aliphatic rings. The smallest absolute Gasteiger partial charge is 0.312 e. The highest BCUT2D eigenvalue weighted by atomic mass is 16.2. The Labute approximate surface area is 116 Å². The van der Waals surface area contributed by atoms with Gasteiger partial charge in [-0.05, 0) is 37.9 Å². The molecule has 0 amide bonds. The lowest BCUT2D eigenvalue weighted by molar-refractivity contribution is 0.478. The minimum Gasteiger partial charge on any atom is -0.312 e. The number of hydrogen-bond donors (Lipinski definition) is 1. The molecule has 0 saturated carbocycles. The molecule has 1 saturated heterocycles. The van der Waals surface area contributed by atoms with Crippen molar-refractivity contribution in [2.45, 2.75) is 32.4 Å². The van der Waals surface area contributed by atoms with Crippen LogP contribution in [0.4, 0.5) is 0 Å². The van der Waals surface area contributed by atoms with Gasteiger partial charge >= 0.3 is 5.69 Å². The Balaban J connectivity index is 2.24. The zero-order chi connectivity index (χ0) is 14.3. The summed E-state index contributed by atoms with van der Waals surface area (Å²) in [5.74, 6) is 0. The van der Waals surface area contributed by atoms with Gasteiger partial charge in [-0.2, -0.15) is 0 Å². The molecule has 0 radical (unpaired) electrons. The molecule has 2 aromatic rings. The fraction of sp³-hybridized carbons (Fsp3) is 0.467. The molecule has 0 bridgehead atoms. The molecule has 1 fully saturated rings. The summed E-state index contributed by atoms with van der Waals surface area (Å²) in [5, 5.41) is 3.98. The lowest BCUT2D eigenvalue weighted by Gasteiger charge is -2.15. The van der Waals surface area contributed by atoms with Crippen LogP contribution in [0, 0.1) is 6.92 Å². The van der Waals surface area contributed by atoms with Gasteiger partial charge in [-0.1, -0.05) is 12.1 Å². The van der Waals surface area contributed by atoms with E-state index in [1.165, 1.54) is 4.57 Å². The van der Waals surface area contributed by atoms with E-state index in [9.17, 15) is 9.59 Å². The van der Waals surface area contributed by atoms with Crippen LogP contribution in [0.1, 0.15) is 18.4 Å². The molecule has 106 valence electrons. The van der Waals surface area contributed by atoms with E-state index in [-0.39, 0.29) is 17.3 Å². The Morgan fingerprint density at radius 1 is 1.35 bits per heavy atom. The molecule has 2 heterocycles. The molecule has 5 heteroatoms. The highest BCUT2D eigenvalue weighted by molar-refractivity contribution is 5.81. The monoisotopic (exact) mass is 273 g/mol. The van der Waals surface area contributed by atoms with Gasteiger partial charge in [-0.25, -0.2) is 4.79 Å². The molecular formula is C15H19N3O2. The van der Waals surface area contributed by atoms with Crippen LogP contribution < -0.4 is 16.6 Å². The van der Waals surface area contributed by atoms with Crippen LogP contribution in [0.25, 0.3) is 10.9 Å². The Bertz CT molecular complexity index is 767. The Kier molecular flexibility index (Phi) is 3.22. The Morgan fingerprint density at radius 2 is 2.15 bits per heavy atom. The first-order chi connectivity index (χ1) is 9.59. The fourth-order valence-corrected chi connectivity index (χ4v) is 3.01. The molecular weight excluding hydrogens is 254 g/mol. The van der Waals surface area contributed by atoms with Gasteiger partial charge in [-0.3, -0.25) is 13.9 Å². The van der Waals surface area contributed by atoms with E-state index < -0.39 is 0 Å². The topological polar surface area (TPSA) is 56.0 Å². The van der Waals surface area contributed by atoms with Crippen LogP contribution in [-0.4, -0.2) is 21.7 Å². The number of benzene rings is 1. The highest BCUT2D eigenvalue weighted by Crippen LogP contribution is 2.12. The average Bonchev–Trinajstić information content (AvgIpc) is 2.94. The van der Waals surface area contributed by atoms with E-state index in [4.69, 9.17) is 0 Å². The molecule has 3 rings (SSSR count). The van der Waals surface area contributed by atoms with Gasteiger partial charge in [0.2, 0.25) is 0 Å². The average molecular weight is 273 g/mol. The van der Waals surface area contributed by atoms with Gasteiger partial charge in [0.15, 0.2) is 0 Å². The minimum absolute atomic E-state index is 0.171. The minimum atomic E-state index is -0.234. The van der Waals surface area contributed by atoms with Gasteiger partial charge < -0.3 is 5.32 Å². The summed E-state index contributed by atoms with van der Waals surface area (Å²) in [4.78, 5) is 25.0. The number of fused-ring (bicyclic) bond motifs is 1. The summed E-state index contributed by atoms with van der Waals surface area (Å²) in [7, 11) is 1.72. The molecule has 1 N–H and O–H groups in total. The highest BCUT2D eigenvalue weighted by Gasteiger charge is 2.19. The van der Waals surface area contributed by atoms with E-state index in [0.717, 1.165) is 24.9 Å². The quantitative estimate of drug-likeness (QED) is 0.879. The van der Waals surface area contributed by atoms with Crippen LogP contribution in [0.5, 0.6) is 0 Å². The van der Waals surface area contributed by atoms with Crippen LogP contribution >= 0.6 is 0 Å². The predicted molar refractivity (Wildman–Crippen MR) is 79.2 cm³/mol. The SMILES string of the molecule is Cc1cccc2c1c(=O)n(CC1CCCN1)c(=O)n2C. The summed E-state index contributed by atoms with van der Waals surface area (Å²) < 4.78 is 2.94. The summed E-state index contributed by atoms with van der Waals surface area (Å²) in [6.07, 6.45) is 2.12. The zero-order valence-corrected chi connectivity index (χ0v) is 11.8. The van der Waals surface area contributed by atoms with Crippen molar-refractivity contribution >= 4 is 10.9 Å². The van der Waals surface area contributed by atoms with Gasteiger partial charge in [-0.15, -0.1) is 0 Å². The lowest BCUT2D eigenvalue weighted by atomic mass is 10.1. The van der Waals surface area contributed by atoms with Crippen LogP contribution in [0.15, 0.2) is 27.8 Å². The second-order valence-corrected chi connectivity index (χ2v) is 5.52. The number of nitrogens with one attached hydrogen (secondary N) is 1. The van der Waals surface area contributed by atoms with E-state index in [0.29, 0.717) is 17.4 Å². The fourth-order valence-electron chi connectivity index (χ4n) is 3.01.